The van der Waals surface area contributed by atoms with E-state index in [4.69, 9.17) is 9.47 Å². The van der Waals surface area contributed by atoms with Crippen LogP contribution in [0.15, 0.2) is 0 Å². The van der Waals surface area contributed by atoms with E-state index >= 15 is 0 Å². The highest BCUT2D eigenvalue weighted by Crippen LogP contribution is 2.24. The molecule has 0 radical (unpaired) electrons. The fourth-order valence-electron chi connectivity index (χ4n) is 9.99. The minimum atomic E-state index is -0.121. The predicted octanol–water partition coefficient (Wildman–Crippen LogP) is 14.7. The lowest BCUT2D eigenvalue weighted by atomic mass is 9.93. The van der Waals surface area contributed by atoms with E-state index in [1.165, 1.54) is 148 Å². The minimum Gasteiger partial charge on any atom is -0.465 e. The van der Waals surface area contributed by atoms with Gasteiger partial charge in [-0.15, -0.1) is 0 Å². The molecule has 396 valence electrons. The molecular weight excluding hydrogens is 835 g/mol. The summed E-state index contributed by atoms with van der Waals surface area (Å²) in [5.41, 5.74) is 0. The summed E-state index contributed by atoms with van der Waals surface area (Å²) < 4.78 is 11.6. The lowest BCUT2D eigenvalue weighted by molar-refractivity contribution is -0.149. The van der Waals surface area contributed by atoms with Crippen LogP contribution in [0.25, 0.3) is 0 Å². The molecule has 1 rings (SSSR count). The average Bonchev–Trinajstić information content (AvgIpc) is 3.34. The largest absolute Gasteiger partial charge is 0.465 e. The third-order valence-corrected chi connectivity index (χ3v) is 14.6. The minimum absolute atomic E-state index is 0.0313. The molecule has 67 heavy (non-hydrogen) atoms. The van der Waals surface area contributed by atoms with Crippen LogP contribution in [0.2, 0.25) is 0 Å². The van der Waals surface area contributed by atoms with Gasteiger partial charge in [-0.3, -0.25) is 19.3 Å². The molecule has 0 aliphatic heterocycles. The van der Waals surface area contributed by atoms with Crippen LogP contribution in [0.3, 0.4) is 0 Å². The summed E-state index contributed by atoms with van der Waals surface area (Å²) in [6.07, 6.45) is 44.0. The Bertz CT molecular complexity index is 1070. The number of aliphatic hydroxyl groups is 1. The summed E-state index contributed by atoms with van der Waals surface area (Å²) in [5.74, 6) is 0.645. The molecule has 1 atom stereocenters. The molecule has 0 aromatic rings. The molecule has 0 aromatic carbocycles. The van der Waals surface area contributed by atoms with E-state index in [0.29, 0.717) is 44.4 Å². The monoisotopic (exact) mass is 948 g/mol. The second-order valence-corrected chi connectivity index (χ2v) is 20.9. The van der Waals surface area contributed by atoms with Gasteiger partial charge in [0.05, 0.1) is 13.2 Å². The number of esters is 2. The smallest absolute Gasteiger partial charge is 0.305 e. The van der Waals surface area contributed by atoms with Crippen LogP contribution in [-0.4, -0.2) is 97.9 Å². The lowest BCUT2D eigenvalue weighted by Gasteiger charge is -2.36. The Morgan fingerprint density at radius 3 is 1.46 bits per heavy atom. The van der Waals surface area contributed by atoms with Gasteiger partial charge in [0.25, 0.3) is 0 Å². The van der Waals surface area contributed by atoms with Gasteiger partial charge in [-0.2, -0.15) is 0 Å². The number of nitrogens with zero attached hydrogens (tertiary/aromatic N) is 2. The van der Waals surface area contributed by atoms with Crippen LogP contribution in [0.4, 0.5) is 0 Å². The van der Waals surface area contributed by atoms with Crippen molar-refractivity contribution in [3.8, 4) is 0 Å². The van der Waals surface area contributed by atoms with Crippen molar-refractivity contribution in [2.45, 2.75) is 284 Å². The Morgan fingerprint density at radius 1 is 0.478 bits per heavy atom. The lowest BCUT2D eigenvalue weighted by Crippen LogP contribution is -2.43. The number of rotatable bonds is 50. The van der Waals surface area contributed by atoms with E-state index in [9.17, 15) is 19.5 Å². The number of carbonyl (C=O) groups excluding carboxylic acids is 3. The first-order chi connectivity index (χ1) is 32.9. The van der Waals surface area contributed by atoms with Crippen LogP contribution in [0.5, 0.6) is 0 Å². The molecule has 1 amide bonds. The van der Waals surface area contributed by atoms with Gasteiger partial charge < -0.3 is 24.8 Å². The highest BCUT2D eigenvalue weighted by Gasteiger charge is 2.22. The molecule has 0 bridgehead atoms. The van der Waals surface area contributed by atoms with E-state index in [1.54, 1.807) is 0 Å². The van der Waals surface area contributed by atoms with E-state index in [0.717, 1.165) is 123 Å². The van der Waals surface area contributed by atoms with Gasteiger partial charge in [0.1, 0.15) is 0 Å². The molecule has 0 saturated heterocycles. The molecule has 1 fully saturated rings. The van der Waals surface area contributed by atoms with Gasteiger partial charge in [-0.05, 0) is 109 Å². The molecule has 9 nitrogen and oxygen atoms in total. The predicted molar refractivity (Wildman–Crippen MR) is 284 cm³/mol. The average molecular weight is 949 g/mol. The molecule has 2 N–H and O–H groups in total. The van der Waals surface area contributed by atoms with Crippen LogP contribution >= 0.6 is 0 Å². The molecule has 1 unspecified atom stereocenters. The van der Waals surface area contributed by atoms with Crippen LogP contribution in [-0.2, 0) is 23.9 Å². The van der Waals surface area contributed by atoms with Crippen molar-refractivity contribution in [1.29, 1.82) is 0 Å². The first-order valence-corrected chi connectivity index (χ1v) is 29.5. The molecule has 9 heteroatoms. The Labute approximate surface area is 415 Å². The van der Waals surface area contributed by atoms with Crippen molar-refractivity contribution in [2.75, 3.05) is 59.1 Å². The second-order valence-electron chi connectivity index (χ2n) is 20.9. The summed E-state index contributed by atoms with van der Waals surface area (Å²) in [6, 6.07) is 0.637. The van der Waals surface area contributed by atoms with Gasteiger partial charge >= 0.3 is 11.9 Å². The van der Waals surface area contributed by atoms with E-state index in [-0.39, 0.29) is 30.4 Å². The molecule has 1 aliphatic rings. The highest BCUT2D eigenvalue weighted by molar-refractivity contribution is 5.75. The quantitative estimate of drug-likeness (QED) is 0.0459. The fraction of sp³-hybridized carbons (Fsp3) is 0.948. The summed E-state index contributed by atoms with van der Waals surface area (Å²) in [5, 5.41) is 12.8. The number of hydrogen-bond donors (Lipinski definition) is 2. The van der Waals surface area contributed by atoms with Crippen molar-refractivity contribution in [2.24, 2.45) is 11.8 Å². The van der Waals surface area contributed by atoms with Crippen LogP contribution < -0.4 is 5.32 Å². The Morgan fingerprint density at radius 2 is 0.910 bits per heavy atom. The Hall–Kier alpha value is -1.71. The summed E-state index contributed by atoms with van der Waals surface area (Å²) in [6.45, 7) is 16.1. The Kier molecular flexibility index (Phi) is 45.3. The second kappa shape index (κ2) is 47.9. The molecule has 1 aliphatic carbocycles. The number of amides is 1. The van der Waals surface area contributed by atoms with Gasteiger partial charge in [-0.25, -0.2) is 0 Å². The number of aliphatic hydroxyl groups excluding tert-OH is 1. The van der Waals surface area contributed by atoms with E-state index in [2.05, 4.69) is 42.8 Å². The highest BCUT2D eigenvalue weighted by atomic mass is 16.5. The zero-order valence-electron chi connectivity index (χ0n) is 45.1. The van der Waals surface area contributed by atoms with E-state index in [1.807, 2.05) is 0 Å². The molecule has 0 spiro atoms. The fourth-order valence-corrected chi connectivity index (χ4v) is 9.99. The zero-order chi connectivity index (χ0) is 48.7. The SMILES string of the molecule is CCCCCCCCC(CCCCCC)CNC(=O)CCCCCN(CCCCCO)CCN(CCCCC(COC(=O)CCCCCCC)COC(=O)CCCCCCC)C1CCCCC1. The number of carbonyl (C=O) groups is 3. The van der Waals surface area contributed by atoms with Crippen molar-refractivity contribution in [3.63, 3.8) is 0 Å². The third kappa shape index (κ3) is 39.7. The summed E-state index contributed by atoms with van der Waals surface area (Å²) in [7, 11) is 0. The van der Waals surface area contributed by atoms with Gasteiger partial charge in [0.15, 0.2) is 0 Å². The maximum atomic E-state index is 13.0. The van der Waals surface area contributed by atoms with Crippen LogP contribution in [0, 0.1) is 11.8 Å². The summed E-state index contributed by atoms with van der Waals surface area (Å²) in [4.78, 5) is 43.8. The number of ether oxygens (including phenoxy) is 2. The first kappa shape index (κ1) is 63.3. The number of nitrogens with one attached hydrogen (secondary N) is 1. The van der Waals surface area contributed by atoms with Gasteiger partial charge in [0, 0.05) is 57.5 Å². The normalized spacial score (nSPS) is 13.8. The summed E-state index contributed by atoms with van der Waals surface area (Å²) >= 11 is 0. The van der Waals surface area contributed by atoms with Crippen molar-refractivity contribution in [1.82, 2.24) is 15.1 Å². The third-order valence-electron chi connectivity index (χ3n) is 14.6. The van der Waals surface area contributed by atoms with Crippen molar-refractivity contribution in [3.05, 3.63) is 0 Å². The molecule has 0 heterocycles. The standard InChI is InChI=1S/C58H113N3O6/c1-5-9-13-17-20-25-37-53(36-24-16-12-8-4)50-59-56(63)41-28-22-32-44-60(45-33-23-35-49-62)47-48-61(55-39-26-21-27-40-55)46-34-31-38-54(51-66-57(64)42-29-18-14-10-6-2)52-67-58(65)43-30-19-15-11-7-3/h53-55,62H,5-52H2,1-4H3,(H,59,63). The van der Waals surface area contributed by atoms with Gasteiger partial charge in [0.2, 0.25) is 5.91 Å². The van der Waals surface area contributed by atoms with E-state index < -0.39 is 0 Å². The Balaban J connectivity index is 2.71. The molecule has 1 saturated carbocycles. The van der Waals surface area contributed by atoms with Crippen molar-refractivity contribution >= 4 is 17.8 Å². The maximum absolute atomic E-state index is 13.0. The van der Waals surface area contributed by atoms with Gasteiger partial charge in [-0.1, -0.05) is 175 Å². The van der Waals surface area contributed by atoms with Crippen LogP contribution in [0.1, 0.15) is 278 Å². The van der Waals surface area contributed by atoms with Crippen molar-refractivity contribution < 1.29 is 29.0 Å². The zero-order valence-corrected chi connectivity index (χ0v) is 45.1. The molecule has 0 aromatic heterocycles. The number of hydrogen-bond acceptors (Lipinski definition) is 8. The first-order valence-electron chi connectivity index (χ1n) is 29.5. The maximum Gasteiger partial charge on any atom is 0.305 e. The number of unbranched alkanes of at least 4 members (excludes halogenated alkanes) is 21. The topological polar surface area (TPSA) is 108 Å². The molecular formula is C58H113N3O6.